The first-order chi connectivity index (χ1) is 7.74. The molecule has 0 atom stereocenters. The molecule has 0 aromatic heterocycles. The maximum absolute atomic E-state index is 11.9. The Kier molecular flexibility index (Phi) is 4.16. The Morgan fingerprint density at radius 2 is 1.65 bits per heavy atom. The molecule has 0 aliphatic carbocycles. The van der Waals surface area contributed by atoms with Gasteiger partial charge in [0.15, 0.2) is 9.84 Å². The molecule has 3 nitrogen and oxygen atoms in total. The average molecular weight is 267 g/mol. The third-order valence-corrected chi connectivity index (χ3v) is 3.90. The number of alkyl halides is 3. The fourth-order valence-corrected chi connectivity index (χ4v) is 2.49. The van der Waals surface area contributed by atoms with Crippen molar-refractivity contribution in [3.05, 3.63) is 29.8 Å². The molecule has 0 saturated carbocycles. The summed E-state index contributed by atoms with van der Waals surface area (Å²) in [7, 11) is -3.88. The van der Waals surface area contributed by atoms with Gasteiger partial charge in [0.25, 0.3) is 0 Å². The molecule has 0 amide bonds. The predicted molar refractivity (Wildman–Crippen MR) is 57.1 cm³/mol. The van der Waals surface area contributed by atoms with Gasteiger partial charge in [0, 0.05) is 6.54 Å². The van der Waals surface area contributed by atoms with Crippen LogP contribution in [0.25, 0.3) is 0 Å². The van der Waals surface area contributed by atoms with Crippen LogP contribution in [-0.2, 0) is 16.4 Å². The molecule has 1 rings (SSSR count). The van der Waals surface area contributed by atoms with Crippen LogP contribution >= 0.6 is 0 Å². The molecule has 17 heavy (non-hydrogen) atoms. The maximum atomic E-state index is 11.9. The van der Waals surface area contributed by atoms with E-state index in [9.17, 15) is 21.6 Å². The molecule has 0 spiro atoms. The zero-order valence-corrected chi connectivity index (χ0v) is 9.68. The Morgan fingerprint density at radius 3 is 2.06 bits per heavy atom. The number of rotatable bonds is 4. The van der Waals surface area contributed by atoms with Gasteiger partial charge in [-0.3, -0.25) is 0 Å². The zero-order chi connectivity index (χ0) is 13.1. The van der Waals surface area contributed by atoms with Crippen molar-refractivity contribution in [1.29, 1.82) is 0 Å². The number of halogens is 3. The van der Waals surface area contributed by atoms with E-state index in [1.165, 1.54) is 24.3 Å². The Hall–Kier alpha value is -1.08. The van der Waals surface area contributed by atoms with E-state index in [1.54, 1.807) is 0 Å². The minimum absolute atomic E-state index is 0.112. The van der Waals surface area contributed by atoms with Gasteiger partial charge < -0.3 is 5.73 Å². The van der Waals surface area contributed by atoms with E-state index < -0.39 is 28.2 Å². The molecule has 0 bridgehead atoms. The van der Waals surface area contributed by atoms with E-state index in [-0.39, 0.29) is 11.4 Å². The van der Waals surface area contributed by atoms with E-state index in [2.05, 4.69) is 0 Å². The summed E-state index contributed by atoms with van der Waals surface area (Å²) in [6.07, 6.45) is -5.81. The molecule has 0 radical (unpaired) electrons. The molecule has 0 saturated heterocycles. The minimum Gasteiger partial charge on any atom is -0.326 e. The molecule has 0 aliphatic heterocycles. The second-order valence-electron chi connectivity index (χ2n) is 3.53. The highest BCUT2D eigenvalue weighted by Crippen LogP contribution is 2.22. The molecule has 0 fully saturated rings. The van der Waals surface area contributed by atoms with Crippen LogP contribution in [0.15, 0.2) is 29.2 Å². The van der Waals surface area contributed by atoms with Crippen molar-refractivity contribution in [3.8, 4) is 0 Å². The van der Waals surface area contributed by atoms with Gasteiger partial charge in [0.05, 0.1) is 17.1 Å². The highest BCUT2D eigenvalue weighted by atomic mass is 32.2. The van der Waals surface area contributed by atoms with E-state index in [4.69, 9.17) is 5.73 Å². The van der Waals surface area contributed by atoms with Crippen LogP contribution in [0.5, 0.6) is 0 Å². The number of hydrogen-bond donors (Lipinski definition) is 1. The number of nitrogens with two attached hydrogens (primary N) is 1. The van der Waals surface area contributed by atoms with Gasteiger partial charge in [-0.15, -0.1) is 0 Å². The minimum atomic E-state index is -4.47. The SMILES string of the molecule is NCc1ccc(S(=O)(=O)CCC(F)(F)F)cc1. The quantitative estimate of drug-likeness (QED) is 0.906. The molecule has 96 valence electrons. The Balaban J connectivity index is 2.82. The Labute approximate surface area is 97.4 Å². The zero-order valence-electron chi connectivity index (χ0n) is 8.87. The fraction of sp³-hybridized carbons (Fsp3) is 0.400. The van der Waals surface area contributed by atoms with Crippen LogP contribution in [0, 0.1) is 0 Å². The lowest BCUT2D eigenvalue weighted by molar-refractivity contribution is -0.129. The van der Waals surface area contributed by atoms with Crippen LogP contribution in [0.4, 0.5) is 13.2 Å². The topological polar surface area (TPSA) is 60.2 Å². The molecule has 0 heterocycles. The van der Waals surface area contributed by atoms with Gasteiger partial charge in [-0.05, 0) is 17.7 Å². The van der Waals surface area contributed by atoms with Crippen molar-refractivity contribution < 1.29 is 21.6 Å². The van der Waals surface area contributed by atoms with Crippen molar-refractivity contribution >= 4 is 9.84 Å². The van der Waals surface area contributed by atoms with Gasteiger partial charge in [0.1, 0.15) is 0 Å². The van der Waals surface area contributed by atoms with Gasteiger partial charge in [-0.1, -0.05) is 12.1 Å². The van der Waals surface area contributed by atoms with E-state index in [0.29, 0.717) is 0 Å². The molecule has 7 heteroatoms. The molecular formula is C10H12F3NO2S. The largest absolute Gasteiger partial charge is 0.390 e. The van der Waals surface area contributed by atoms with E-state index in [0.717, 1.165) is 5.56 Å². The fourth-order valence-electron chi connectivity index (χ4n) is 1.20. The summed E-state index contributed by atoms with van der Waals surface area (Å²) in [6, 6.07) is 5.52. The van der Waals surface area contributed by atoms with Crippen molar-refractivity contribution in [2.24, 2.45) is 5.73 Å². The third kappa shape index (κ3) is 4.35. The van der Waals surface area contributed by atoms with Gasteiger partial charge in [0.2, 0.25) is 0 Å². The summed E-state index contributed by atoms with van der Waals surface area (Å²) >= 11 is 0. The van der Waals surface area contributed by atoms with Crippen molar-refractivity contribution in [3.63, 3.8) is 0 Å². The standard InChI is InChI=1S/C10H12F3NO2S/c11-10(12,13)5-6-17(15,16)9-3-1-8(7-14)2-4-9/h1-4H,5-7,14H2. The van der Waals surface area contributed by atoms with Crippen LogP contribution in [0.3, 0.4) is 0 Å². The number of sulfone groups is 1. The smallest absolute Gasteiger partial charge is 0.326 e. The van der Waals surface area contributed by atoms with E-state index >= 15 is 0 Å². The maximum Gasteiger partial charge on any atom is 0.390 e. The number of hydrogen-bond acceptors (Lipinski definition) is 3. The first kappa shape index (κ1) is 14.0. The summed E-state index contributed by atoms with van der Waals surface area (Å²) in [5, 5.41) is 0. The molecule has 1 aromatic rings. The molecule has 1 aromatic carbocycles. The lowest BCUT2D eigenvalue weighted by atomic mass is 10.2. The molecule has 0 unspecified atom stereocenters. The molecule has 2 N–H and O–H groups in total. The summed E-state index contributed by atoms with van der Waals surface area (Å²) in [6.45, 7) is 0.253. The second kappa shape index (κ2) is 5.05. The van der Waals surface area contributed by atoms with Gasteiger partial charge >= 0.3 is 6.18 Å². The van der Waals surface area contributed by atoms with Crippen LogP contribution < -0.4 is 5.73 Å². The Bertz CT molecular complexity index is 465. The van der Waals surface area contributed by atoms with E-state index in [1.807, 2.05) is 0 Å². The van der Waals surface area contributed by atoms with Crippen molar-refractivity contribution in [2.45, 2.75) is 24.0 Å². The highest BCUT2D eigenvalue weighted by Gasteiger charge is 2.30. The average Bonchev–Trinajstić information content (AvgIpc) is 2.26. The van der Waals surface area contributed by atoms with Gasteiger partial charge in [-0.25, -0.2) is 8.42 Å². The molecular weight excluding hydrogens is 255 g/mol. The normalized spacial score (nSPS) is 12.7. The second-order valence-corrected chi connectivity index (χ2v) is 5.64. The monoisotopic (exact) mass is 267 g/mol. The first-order valence-electron chi connectivity index (χ1n) is 4.83. The Morgan fingerprint density at radius 1 is 1.12 bits per heavy atom. The lowest BCUT2D eigenvalue weighted by Crippen LogP contribution is -2.16. The van der Waals surface area contributed by atoms with Gasteiger partial charge in [-0.2, -0.15) is 13.2 Å². The summed E-state index contributed by atoms with van der Waals surface area (Å²) in [4.78, 5) is -0.112. The van der Waals surface area contributed by atoms with Crippen LogP contribution in [-0.4, -0.2) is 20.3 Å². The highest BCUT2D eigenvalue weighted by molar-refractivity contribution is 7.91. The van der Waals surface area contributed by atoms with Crippen LogP contribution in [0.1, 0.15) is 12.0 Å². The summed E-state index contributed by atoms with van der Waals surface area (Å²) in [5.74, 6) is -0.932. The third-order valence-electron chi connectivity index (χ3n) is 2.17. The first-order valence-corrected chi connectivity index (χ1v) is 6.48. The summed E-state index contributed by atoms with van der Waals surface area (Å²) < 4.78 is 58.9. The van der Waals surface area contributed by atoms with Crippen molar-refractivity contribution in [2.75, 3.05) is 5.75 Å². The van der Waals surface area contributed by atoms with Crippen molar-refractivity contribution in [1.82, 2.24) is 0 Å². The molecule has 0 aliphatic rings. The summed E-state index contributed by atoms with van der Waals surface area (Å²) in [5.41, 5.74) is 6.05. The lowest BCUT2D eigenvalue weighted by Gasteiger charge is -2.07. The van der Waals surface area contributed by atoms with Crippen LogP contribution in [0.2, 0.25) is 0 Å². The predicted octanol–water partition coefficient (Wildman–Crippen LogP) is 1.87. The number of benzene rings is 1.